The lowest BCUT2D eigenvalue weighted by atomic mass is 10.2. The molecule has 2 aromatic carbocycles. The lowest BCUT2D eigenvalue weighted by Crippen LogP contribution is -2.27. The molecule has 0 atom stereocenters. The Morgan fingerprint density at radius 1 is 0.962 bits per heavy atom. The van der Waals surface area contributed by atoms with Crippen LogP contribution in [0.2, 0.25) is 0 Å². The number of benzene rings is 2. The molecule has 2 aromatic rings. The second-order valence-corrected chi connectivity index (χ2v) is 7.85. The van der Waals surface area contributed by atoms with Crippen molar-refractivity contribution in [2.24, 2.45) is 0 Å². The number of methoxy groups -OCH3 is 2. The summed E-state index contributed by atoms with van der Waals surface area (Å²) in [6.07, 6.45) is 0. The molecule has 0 N–H and O–H groups in total. The quantitative estimate of drug-likeness (QED) is 0.705. The minimum atomic E-state index is -3.71. The van der Waals surface area contributed by atoms with Crippen LogP contribution in [-0.2, 0) is 16.6 Å². The Balaban J connectivity index is 2.31. The number of hydrogen-bond acceptors (Lipinski definition) is 5. The summed E-state index contributed by atoms with van der Waals surface area (Å²) in [6, 6.07) is 10.5. The summed E-state index contributed by atoms with van der Waals surface area (Å²) in [4.78, 5) is 0.153. The number of rotatable bonds is 8. The number of nitrogens with zero attached hydrogens (tertiary/aromatic N) is 1. The van der Waals surface area contributed by atoms with Crippen molar-refractivity contribution in [2.45, 2.75) is 25.3 Å². The van der Waals surface area contributed by atoms with Crippen LogP contribution in [0.4, 0.5) is 0 Å². The van der Waals surface area contributed by atoms with E-state index in [0.29, 0.717) is 23.9 Å². The summed E-state index contributed by atoms with van der Waals surface area (Å²) in [5, 5.41) is 0. The summed E-state index contributed by atoms with van der Waals surface area (Å²) in [6.45, 7) is 4.46. The molecule has 0 unspecified atom stereocenters. The monoisotopic (exact) mass is 379 g/mol. The van der Waals surface area contributed by atoms with E-state index in [-0.39, 0.29) is 11.4 Å². The highest BCUT2D eigenvalue weighted by molar-refractivity contribution is 7.89. The van der Waals surface area contributed by atoms with Crippen molar-refractivity contribution in [2.75, 3.05) is 27.9 Å². The lowest BCUT2D eigenvalue weighted by molar-refractivity contribution is 0.310. The summed E-state index contributed by atoms with van der Waals surface area (Å²) in [5.41, 5.74) is 1.64. The first-order valence-electron chi connectivity index (χ1n) is 8.24. The molecule has 26 heavy (non-hydrogen) atoms. The molecular weight excluding hydrogens is 354 g/mol. The van der Waals surface area contributed by atoms with E-state index in [0.717, 1.165) is 11.1 Å². The highest BCUT2D eigenvalue weighted by Crippen LogP contribution is 2.31. The van der Waals surface area contributed by atoms with Gasteiger partial charge in [-0.15, -0.1) is 0 Å². The minimum absolute atomic E-state index is 0.153. The molecule has 7 heteroatoms. The molecule has 0 heterocycles. The van der Waals surface area contributed by atoms with E-state index in [4.69, 9.17) is 14.2 Å². The predicted molar refractivity (Wildman–Crippen MR) is 101 cm³/mol. The van der Waals surface area contributed by atoms with Crippen LogP contribution in [0.15, 0.2) is 41.3 Å². The normalized spacial score (nSPS) is 11.5. The predicted octanol–water partition coefficient (Wildman–Crippen LogP) is 3.23. The molecule has 6 nitrogen and oxygen atoms in total. The maximum absolute atomic E-state index is 13.0. The molecule has 0 aliphatic carbocycles. The Morgan fingerprint density at radius 3 is 2.23 bits per heavy atom. The molecule has 0 aliphatic rings. The maximum atomic E-state index is 13.0. The molecule has 0 spiro atoms. The molecule has 0 fully saturated rings. The van der Waals surface area contributed by atoms with Gasteiger partial charge in [0.25, 0.3) is 0 Å². The smallest absolute Gasteiger partial charge is 0.246 e. The SMILES string of the molecule is CCOc1ccc(CN(C)S(=O)(=O)c2cc(C)ccc2OC)cc1OC. The van der Waals surface area contributed by atoms with E-state index >= 15 is 0 Å². The second kappa shape index (κ2) is 8.42. The molecule has 142 valence electrons. The van der Waals surface area contributed by atoms with E-state index in [1.54, 1.807) is 38.4 Å². The number of sulfonamides is 1. The van der Waals surface area contributed by atoms with Crippen molar-refractivity contribution in [1.29, 1.82) is 0 Å². The Bertz CT molecular complexity index is 864. The molecule has 0 aromatic heterocycles. The van der Waals surface area contributed by atoms with Gasteiger partial charge >= 0.3 is 0 Å². The van der Waals surface area contributed by atoms with E-state index < -0.39 is 10.0 Å². The standard InChI is InChI=1S/C19H25NO5S/c1-6-25-16-10-8-15(12-18(16)24-5)13-20(3)26(21,22)19-11-14(2)7-9-17(19)23-4/h7-12H,6,13H2,1-5H3. The molecule has 0 aliphatic heterocycles. The van der Waals surface area contributed by atoms with Crippen molar-refractivity contribution >= 4 is 10.0 Å². The third-order valence-corrected chi connectivity index (χ3v) is 5.77. The molecule has 0 amide bonds. The van der Waals surface area contributed by atoms with Gasteiger partial charge in [0.1, 0.15) is 10.6 Å². The van der Waals surface area contributed by atoms with Gasteiger partial charge in [0, 0.05) is 13.6 Å². The molecule has 0 bridgehead atoms. The van der Waals surface area contributed by atoms with Crippen LogP contribution in [0, 0.1) is 6.92 Å². The van der Waals surface area contributed by atoms with Gasteiger partial charge in [-0.25, -0.2) is 8.42 Å². The molecular formula is C19H25NO5S. The van der Waals surface area contributed by atoms with Gasteiger partial charge in [0.15, 0.2) is 11.5 Å². The van der Waals surface area contributed by atoms with E-state index in [1.807, 2.05) is 26.0 Å². The maximum Gasteiger partial charge on any atom is 0.246 e. The molecule has 2 rings (SSSR count). The average molecular weight is 379 g/mol. The topological polar surface area (TPSA) is 65.1 Å². The fraction of sp³-hybridized carbons (Fsp3) is 0.368. The fourth-order valence-corrected chi connectivity index (χ4v) is 3.98. The summed E-state index contributed by atoms with van der Waals surface area (Å²) >= 11 is 0. The van der Waals surface area contributed by atoms with Gasteiger partial charge in [-0.3, -0.25) is 0 Å². The first-order chi connectivity index (χ1) is 12.3. The minimum Gasteiger partial charge on any atom is -0.495 e. The summed E-state index contributed by atoms with van der Waals surface area (Å²) in [7, 11) is 0.850. The van der Waals surface area contributed by atoms with Gasteiger partial charge in [-0.2, -0.15) is 4.31 Å². The summed E-state index contributed by atoms with van der Waals surface area (Å²) < 4.78 is 43.3. The van der Waals surface area contributed by atoms with Crippen molar-refractivity contribution in [3.05, 3.63) is 47.5 Å². The van der Waals surface area contributed by atoms with Gasteiger partial charge in [-0.05, 0) is 49.2 Å². The van der Waals surface area contributed by atoms with Gasteiger partial charge in [-0.1, -0.05) is 12.1 Å². The van der Waals surface area contributed by atoms with Crippen molar-refractivity contribution in [3.8, 4) is 17.2 Å². The Hall–Kier alpha value is -2.25. The van der Waals surface area contributed by atoms with Crippen LogP contribution in [-0.4, -0.2) is 40.6 Å². The second-order valence-electron chi connectivity index (χ2n) is 5.83. The Morgan fingerprint density at radius 2 is 1.62 bits per heavy atom. The largest absolute Gasteiger partial charge is 0.495 e. The van der Waals surface area contributed by atoms with E-state index in [9.17, 15) is 8.42 Å². The first-order valence-corrected chi connectivity index (χ1v) is 9.68. The van der Waals surface area contributed by atoms with E-state index in [2.05, 4.69) is 0 Å². The Labute approximate surface area is 155 Å². The number of aryl methyl sites for hydroxylation is 1. The highest BCUT2D eigenvalue weighted by Gasteiger charge is 2.25. The van der Waals surface area contributed by atoms with E-state index in [1.165, 1.54) is 11.4 Å². The summed E-state index contributed by atoms with van der Waals surface area (Å²) in [5.74, 6) is 1.53. The van der Waals surface area contributed by atoms with Crippen LogP contribution in [0.25, 0.3) is 0 Å². The molecule has 0 saturated carbocycles. The van der Waals surface area contributed by atoms with Crippen LogP contribution in [0.3, 0.4) is 0 Å². The average Bonchev–Trinajstić information content (AvgIpc) is 2.63. The van der Waals surface area contributed by atoms with Crippen LogP contribution < -0.4 is 14.2 Å². The van der Waals surface area contributed by atoms with Crippen LogP contribution >= 0.6 is 0 Å². The zero-order valence-corrected chi connectivity index (χ0v) is 16.6. The van der Waals surface area contributed by atoms with Gasteiger partial charge in [0.05, 0.1) is 20.8 Å². The van der Waals surface area contributed by atoms with Crippen LogP contribution in [0.5, 0.6) is 17.2 Å². The Kier molecular flexibility index (Phi) is 6.50. The third-order valence-electron chi connectivity index (χ3n) is 3.94. The van der Waals surface area contributed by atoms with Gasteiger partial charge < -0.3 is 14.2 Å². The third kappa shape index (κ3) is 4.28. The highest BCUT2D eigenvalue weighted by atomic mass is 32.2. The van der Waals surface area contributed by atoms with Gasteiger partial charge in [0.2, 0.25) is 10.0 Å². The number of hydrogen-bond donors (Lipinski definition) is 0. The van der Waals surface area contributed by atoms with Crippen molar-refractivity contribution < 1.29 is 22.6 Å². The fourth-order valence-electron chi connectivity index (χ4n) is 2.58. The first kappa shape index (κ1) is 20.1. The number of ether oxygens (including phenoxy) is 3. The van der Waals surface area contributed by atoms with Crippen molar-refractivity contribution in [3.63, 3.8) is 0 Å². The lowest BCUT2D eigenvalue weighted by Gasteiger charge is -2.20. The van der Waals surface area contributed by atoms with Crippen LogP contribution in [0.1, 0.15) is 18.1 Å². The zero-order chi connectivity index (χ0) is 19.3. The van der Waals surface area contributed by atoms with Crippen molar-refractivity contribution in [1.82, 2.24) is 4.31 Å². The molecule has 0 radical (unpaired) electrons. The zero-order valence-electron chi connectivity index (χ0n) is 15.8. The molecule has 0 saturated heterocycles.